The zero-order valence-electron chi connectivity index (χ0n) is 13.6. The van der Waals surface area contributed by atoms with Crippen molar-refractivity contribution in [2.75, 3.05) is 37.7 Å². The quantitative estimate of drug-likeness (QED) is 0.546. The molecule has 1 fully saturated rings. The van der Waals surface area contributed by atoms with Crippen molar-refractivity contribution >= 4 is 53.0 Å². The van der Waals surface area contributed by atoms with Gasteiger partial charge in [0.2, 0.25) is 5.13 Å². The van der Waals surface area contributed by atoms with E-state index in [2.05, 4.69) is 20.4 Å². The third kappa shape index (κ3) is 6.54. The second kappa shape index (κ2) is 11.2. The molecule has 1 aromatic heterocycles. The van der Waals surface area contributed by atoms with Gasteiger partial charge in [0, 0.05) is 31.4 Å². The normalized spacial score (nSPS) is 17.6. The van der Waals surface area contributed by atoms with Crippen molar-refractivity contribution in [1.82, 2.24) is 20.4 Å². The summed E-state index contributed by atoms with van der Waals surface area (Å²) in [6, 6.07) is 7.17. The van der Waals surface area contributed by atoms with Crippen LogP contribution in [0.2, 0.25) is 0 Å². The van der Waals surface area contributed by atoms with Gasteiger partial charge in [0.25, 0.3) is 0 Å². The SMILES string of the molecule is Cl.Cl.Nc1nnc(SCCCN2CCNCC2c2ccc(F)cc2)s1. The van der Waals surface area contributed by atoms with Gasteiger partial charge in [-0.3, -0.25) is 4.90 Å². The predicted molar refractivity (Wildman–Crippen MR) is 108 cm³/mol. The van der Waals surface area contributed by atoms with E-state index in [0.29, 0.717) is 11.2 Å². The number of rotatable bonds is 6. The van der Waals surface area contributed by atoms with E-state index in [-0.39, 0.29) is 30.6 Å². The minimum absolute atomic E-state index is 0. The highest BCUT2D eigenvalue weighted by molar-refractivity contribution is 8.01. The van der Waals surface area contributed by atoms with Crippen molar-refractivity contribution < 1.29 is 4.39 Å². The molecule has 0 spiro atoms. The Morgan fingerprint density at radius 2 is 2.04 bits per heavy atom. The number of piperazine rings is 1. The van der Waals surface area contributed by atoms with Gasteiger partial charge in [-0.25, -0.2) is 4.39 Å². The molecule has 0 saturated carbocycles. The van der Waals surface area contributed by atoms with Crippen LogP contribution < -0.4 is 11.1 Å². The van der Waals surface area contributed by atoms with Gasteiger partial charge in [-0.1, -0.05) is 35.2 Å². The van der Waals surface area contributed by atoms with Crippen LogP contribution in [-0.4, -0.2) is 47.0 Å². The third-order valence-electron chi connectivity index (χ3n) is 3.85. The number of nitrogens with one attached hydrogen (secondary N) is 1. The molecular formula is C15H22Cl2FN5S2. The second-order valence-corrected chi connectivity index (χ2v) is 7.77. The first-order chi connectivity index (χ1) is 11.2. The predicted octanol–water partition coefficient (Wildman–Crippen LogP) is 3.23. The lowest BCUT2D eigenvalue weighted by molar-refractivity contribution is 0.163. The molecule has 3 N–H and O–H groups in total. The van der Waals surface area contributed by atoms with Crippen LogP contribution in [-0.2, 0) is 0 Å². The van der Waals surface area contributed by atoms with E-state index in [9.17, 15) is 4.39 Å². The Bertz CT molecular complexity index is 629. The molecular weight excluding hydrogens is 404 g/mol. The molecule has 1 saturated heterocycles. The van der Waals surface area contributed by atoms with Crippen LogP contribution in [0.4, 0.5) is 9.52 Å². The van der Waals surface area contributed by atoms with Crippen LogP contribution in [0.25, 0.3) is 0 Å². The van der Waals surface area contributed by atoms with Gasteiger partial charge in [0.15, 0.2) is 4.34 Å². The van der Waals surface area contributed by atoms with E-state index in [1.807, 2.05) is 12.1 Å². The molecule has 0 aliphatic carbocycles. The Hall–Kier alpha value is -0.640. The molecule has 1 aromatic carbocycles. The number of anilines is 1. The zero-order valence-corrected chi connectivity index (χ0v) is 16.8. The minimum atomic E-state index is -0.184. The fourth-order valence-corrected chi connectivity index (χ4v) is 4.36. The number of nitrogens with zero attached hydrogens (tertiary/aromatic N) is 3. The molecule has 2 aromatic rings. The third-order valence-corrected chi connectivity index (χ3v) is 5.82. The largest absolute Gasteiger partial charge is 0.374 e. The maximum Gasteiger partial charge on any atom is 0.203 e. The maximum absolute atomic E-state index is 13.1. The lowest BCUT2D eigenvalue weighted by Crippen LogP contribution is -2.46. The summed E-state index contributed by atoms with van der Waals surface area (Å²) in [4.78, 5) is 2.47. The van der Waals surface area contributed by atoms with Gasteiger partial charge in [0.05, 0.1) is 0 Å². The van der Waals surface area contributed by atoms with Gasteiger partial charge < -0.3 is 11.1 Å². The summed E-state index contributed by atoms with van der Waals surface area (Å²) < 4.78 is 14.0. The Kier molecular flexibility index (Phi) is 9.99. The van der Waals surface area contributed by atoms with E-state index in [1.54, 1.807) is 11.8 Å². The molecule has 25 heavy (non-hydrogen) atoms. The Balaban J connectivity index is 0.00000156. The smallest absolute Gasteiger partial charge is 0.203 e. The van der Waals surface area contributed by atoms with Crippen LogP contribution in [0.15, 0.2) is 28.6 Å². The molecule has 1 aliphatic heterocycles. The second-order valence-electron chi connectivity index (χ2n) is 5.42. The van der Waals surface area contributed by atoms with Gasteiger partial charge in [-0.05, 0) is 30.7 Å². The number of hydrogen-bond acceptors (Lipinski definition) is 7. The van der Waals surface area contributed by atoms with Crippen LogP contribution in [0, 0.1) is 5.82 Å². The molecule has 140 valence electrons. The van der Waals surface area contributed by atoms with Crippen molar-refractivity contribution in [3.63, 3.8) is 0 Å². The molecule has 10 heteroatoms. The Morgan fingerprint density at radius 3 is 2.72 bits per heavy atom. The molecule has 5 nitrogen and oxygen atoms in total. The summed E-state index contributed by atoms with van der Waals surface area (Å²) in [6.45, 7) is 3.94. The fourth-order valence-electron chi connectivity index (χ4n) is 2.73. The lowest BCUT2D eigenvalue weighted by atomic mass is 10.0. The number of thioether (sulfide) groups is 1. The van der Waals surface area contributed by atoms with E-state index >= 15 is 0 Å². The van der Waals surface area contributed by atoms with Gasteiger partial charge in [-0.2, -0.15) is 0 Å². The first-order valence-corrected chi connectivity index (χ1v) is 9.44. The van der Waals surface area contributed by atoms with Crippen molar-refractivity contribution in [3.8, 4) is 0 Å². The van der Waals surface area contributed by atoms with E-state index < -0.39 is 0 Å². The Morgan fingerprint density at radius 1 is 1.28 bits per heavy atom. The highest BCUT2D eigenvalue weighted by Gasteiger charge is 2.23. The van der Waals surface area contributed by atoms with Crippen molar-refractivity contribution in [2.24, 2.45) is 0 Å². The average molecular weight is 426 g/mol. The number of aromatic nitrogens is 2. The number of nitrogens with two attached hydrogens (primary N) is 1. The summed E-state index contributed by atoms with van der Waals surface area (Å²) in [5, 5.41) is 11.8. The summed E-state index contributed by atoms with van der Waals surface area (Å²) in [6.07, 6.45) is 1.07. The van der Waals surface area contributed by atoms with Crippen LogP contribution in [0.5, 0.6) is 0 Å². The number of nitrogen functional groups attached to an aromatic ring is 1. The molecule has 1 unspecified atom stereocenters. The molecule has 0 radical (unpaired) electrons. The molecule has 1 atom stereocenters. The van der Waals surface area contributed by atoms with E-state index in [1.165, 1.54) is 29.0 Å². The first-order valence-electron chi connectivity index (χ1n) is 7.64. The van der Waals surface area contributed by atoms with E-state index in [4.69, 9.17) is 5.73 Å². The Labute approximate surface area is 167 Å². The monoisotopic (exact) mass is 425 g/mol. The highest BCUT2D eigenvalue weighted by Crippen LogP contribution is 2.26. The fraction of sp³-hybridized carbons (Fsp3) is 0.467. The molecule has 0 amide bonds. The number of halogens is 3. The van der Waals surface area contributed by atoms with Gasteiger partial charge in [-0.15, -0.1) is 35.0 Å². The summed E-state index contributed by atoms with van der Waals surface area (Å²) in [7, 11) is 0. The van der Waals surface area contributed by atoms with Crippen molar-refractivity contribution in [3.05, 3.63) is 35.6 Å². The summed E-state index contributed by atoms with van der Waals surface area (Å²) in [5.74, 6) is 0.811. The van der Waals surface area contributed by atoms with Gasteiger partial charge in [0.1, 0.15) is 5.82 Å². The lowest BCUT2D eigenvalue weighted by Gasteiger charge is -2.36. The number of hydrogen-bond donors (Lipinski definition) is 2. The topological polar surface area (TPSA) is 67.1 Å². The summed E-state index contributed by atoms with van der Waals surface area (Å²) >= 11 is 3.13. The summed E-state index contributed by atoms with van der Waals surface area (Å²) in [5.41, 5.74) is 6.75. The number of benzene rings is 1. The molecule has 0 bridgehead atoms. The molecule has 1 aliphatic rings. The first kappa shape index (κ1) is 22.4. The van der Waals surface area contributed by atoms with Crippen LogP contribution in [0.3, 0.4) is 0 Å². The van der Waals surface area contributed by atoms with Crippen LogP contribution in [0.1, 0.15) is 18.0 Å². The van der Waals surface area contributed by atoms with Crippen molar-refractivity contribution in [2.45, 2.75) is 16.8 Å². The molecule has 3 rings (SSSR count). The van der Waals surface area contributed by atoms with Crippen molar-refractivity contribution in [1.29, 1.82) is 0 Å². The van der Waals surface area contributed by atoms with Gasteiger partial charge >= 0.3 is 0 Å². The standard InChI is InChI=1S/C15H20FN5S2.2ClH/c16-12-4-2-11(3-5-12)13-10-18-6-8-21(13)7-1-9-22-15-20-19-14(17)23-15;;/h2-5,13,18H,1,6-10H2,(H2,17,19);2*1H. The molecule has 2 heterocycles. The van der Waals surface area contributed by atoms with E-state index in [0.717, 1.165) is 42.7 Å². The zero-order chi connectivity index (χ0) is 16.1. The maximum atomic E-state index is 13.1. The highest BCUT2D eigenvalue weighted by atomic mass is 35.5. The van der Waals surface area contributed by atoms with Crippen LogP contribution >= 0.6 is 47.9 Å². The minimum Gasteiger partial charge on any atom is -0.374 e. The average Bonchev–Trinajstić information content (AvgIpc) is 2.98.